The highest BCUT2D eigenvalue weighted by Gasteiger charge is 2.20. The van der Waals surface area contributed by atoms with Crippen molar-refractivity contribution < 1.29 is 17.9 Å². The van der Waals surface area contributed by atoms with Crippen molar-refractivity contribution in [3.8, 4) is 5.75 Å². The van der Waals surface area contributed by atoms with E-state index in [-0.39, 0.29) is 24.0 Å². The first-order valence-corrected chi connectivity index (χ1v) is 9.48. The molecule has 0 atom stereocenters. The summed E-state index contributed by atoms with van der Waals surface area (Å²) in [7, 11) is -2.07. The van der Waals surface area contributed by atoms with Crippen molar-refractivity contribution >= 4 is 15.9 Å². The number of carbonyl (C=O) groups is 1. The number of ether oxygens (including phenoxy) is 1. The van der Waals surface area contributed by atoms with E-state index in [1.165, 1.54) is 35.6 Å². The summed E-state index contributed by atoms with van der Waals surface area (Å²) in [4.78, 5) is 11.6. The minimum atomic E-state index is -3.61. The standard InChI is InChI=1S/C19H22N2O4S/c1-3-13-20-19(22)15-25-17-9-11-18(12-10-17)26(23,24)21(2)14-16-7-5-4-6-8-16/h3-12H,1,13-15H2,2H3,(H,20,22). The zero-order valence-corrected chi connectivity index (χ0v) is 15.4. The monoisotopic (exact) mass is 374 g/mol. The van der Waals surface area contributed by atoms with Crippen LogP contribution in [0.5, 0.6) is 5.75 Å². The van der Waals surface area contributed by atoms with E-state index in [2.05, 4.69) is 11.9 Å². The average Bonchev–Trinajstić information content (AvgIpc) is 2.65. The van der Waals surface area contributed by atoms with E-state index in [0.29, 0.717) is 12.3 Å². The SMILES string of the molecule is C=CCNC(=O)COc1ccc(S(=O)(=O)N(C)Cc2ccccc2)cc1. The van der Waals surface area contributed by atoms with E-state index in [1.54, 1.807) is 6.08 Å². The van der Waals surface area contributed by atoms with Crippen molar-refractivity contribution in [2.75, 3.05) is 20.2 Å². The second kappa shape index (κ2) is 9.17. The zero-order valence-electron chi connectivity index (χ0n) is 14.6. The molecular weight excluding hydrogens is 352 g/mol. The van der Waals surface area contributed by atoms with Gasteiger partial charge in [-0.05, 0) is 29.8 Å². The molecule has 1 amide bonds. The molecule has 2 aromatic rings. The van der Waals surface area contributed by atoms with E-state index in [1.807, 2.05) is 30.3 Å². The van der Waals surface area contributed by atoms with Gasteiger partial charge in [-0.15, -0.1) is 6.58 Å². The minimum absolute atomic E-state index is 0.145. The second-order valence-electron chi connectivity index (χ2n) is 5.60. The number of hydrogen-bond donors (Lipinski definition) is 1. The summed E-state index contributed by atoms with van der Waals surface area (Å²) in [6.07, 6.45) is 1.57. The Morgan fingerprint density at radius 2 is 1.81 bits per heavy atom. The van der Waals surface area contributed by atoms with Crippen molar-refractivity contribution in [2.24, 2.45) is 0 Å². The lowest BCUT2D eigenvalue weighted by molar-refractivity contribution is -0.122. The van der Waals surface area contributed by atoms with Gasteiger partial charge in [0.1, 0.15) is 5.75 Å². The van der Waals surface area contributed by atoms with Gasteiger partial charge in [0.25, 0.3) is 5.91 Å². The van der Waals surface area contributed by atoms with Crippen molar-refractivity contribution in [3.05, 3.63) is 72.8 Å². The van der Waals surface area contributed by atoms with Gasteiger partial charge in [-0.2, -0.15) is 4.31 Å². The molecule has 26 heavy (non-hydrogen) atoms. The molecular formula is C19H22N2O4S. The third-order valence-electron chi connectivity index (χ3n) is 3.59. The first-order chi connectivity index (χ1) is 12.4. The third kappa shape index (κ3) is 5.44. The Kier molecular flexibility index (Phi) is 6.94. The van der Waals surface area contributed by atoms with E-state index in [0.717, 1.165) is 5.56 Å². The fourth-order valence-corrected chi connectivity index (χ4v) is 3.36. The van der Waals surface area contributed by atoms with Gasteiger partial charge in [-0.1, -0.05) is 36.4 Å². The van der Waals surface area contributed by atoms with Crippen LogP contribution in [0.15, 0.2) is 72.1 Å². The Morgan fingerprint density at radius 3 is 2.42 bits per heavy atom. The van der Waals surface area contributed by atoms with E-state index < -0.39 is 10.0 Å². The number of rotatable bonds is 9. The number of sulfonamides is 1. The first kappa shape index (κ1) is 19.7. The van der Waals surface area contributed by atoms with E-state index in [9.17, 15) is 13.2 Å². The number of nitrogens with zero attached hydrogens (tertiary/aromatic N) is 1. The zero-order chi connectivity index (χ0) is 19.0. The van der Waals surface area contributed by atoms with Gasteiger partial charge >= 0.3 is 0 Å². The van der Waals surface area contributed by atoms with Crippen LogP contribution in [0.4, 0.5) is 0 Å². The highest BCUT2D eigenvalue weighted by molar-refractivity contribution is 7.89. The molecule has 2 aromatic carbocycles. The molecule has 2 rings (SSSR count). The molecule has 0 aromatic heterocycles. The number of benzene rings is 2. The molecule has 0 saturated carbocycles. The maximum atomic E-state index is 12.6. The smallest absolute Gasteiger partial charge is 0.258 e. The van der Waals surface area contributed by atoms with Gasteiger partial charge in [0.05, 0.1) is 4.90 Å². The minimum Gasteiger partial charge on any atom is -0.484 e. The van der Waals surface area contributed by atoms with E-state index in [4.69, 9.17) is 4.74 Å². The molecule has 0 saturated heterocycles. The van der Waals surface area contributed by atoms with Gasteiger partial charge in [0, 0.05) is 20.1 Å². The molecule has 0 spiro atoms. The lowest BCUT2D eigenvalue weighted by Crippen LogP contribution is -2.28. The summed E-state index contributed by atoms with van der Waals surface area (Å²) in [5, 5.41) is 2.59. The normalized spacial score (nSPS) is 11.2. The Balaban J connectivity index is 1.99. The molecule has 6 nitrogen and oxygen atoms in total. The van der Waals surface area contributed by atoms with Crippen LogP contribution < -0.4 is 10.1 Å². The Hall–Kier alpha value is -2.64. The predicted octanol–water partition coefficient (Wildman–Crippen LogP) is 2.19. The summed E-state index contributed by atoms with van der Waals surface area (Å²) in [6, 6.07) is 15.4. The van der Waals surface area contributed by atoms with Gasteiger partial charge < -0.3 is 10.1 Å². The lowest BCUT2D eigenvalue weighted by atomic mass is 10.2. The van der Waals surface area contributed by atoms with Crippen molar-refractivity contribution in [1.82, 2.24) is 9.62 Å². The lowest BCUT2D eigenvalue weighted by Gasteiger charge is -2.17. The molecule has 0 heterocycles. The summed E-state index contributed by atoms with van der Waals surface area (Å²) in [5.74, 6) is 0.146. The maximum Gasteiger partial charge on any atom is 0.258 e. The van der Waals surface area contributed by atoms with Gasteiger partial charge in [0.15, 0.2) is 6.61 Å². The fraction of sp³-hybridized carbons (Fsp3) is 0.211. The molecule has 7 heteroatoms. The molecule has 1 N–H and O–H groups in total. The van der Waals surface area contributed by atoms with Crippen LogP contribution in [0.2, 0.25) is 0 Å². The van der Waals surface area contributed by atoms with Gasteiger partial charge in [0.2, 0.25) is 10.0 Å². The van der Waals surface area contributed by atoms with Crippen molar-refractivity contribution in [2.45, 2.75) is 11.4 Å². The largest absolute Gasteiger partial charge is 0.484 e. The quantitative estimate of drug-likeness (QED) is 0.683. The third-order valence-corrected chi connectivity index (χ3v) is 5.41. The summed E-state index contributed by atoms with van der Waals surface area (Å²) in [6.45, 7) is 4.01. The Morgan fingerprint density at radius 1 is 1.15 bits per heavy atom. The molecule has 0 aliphatic heterocycles. The van der Waals surface area contributed by atoms with Crippen LogP contribution in [-0.4, -0.2) is 38.8 Å². The number of nitrogens with one attached hydrogen (secondary N) is 1. The van der Waals surface area contributed by atoms with Crippen LogP contribution in [0, 0.1) is 0 Å². The van der Waals surface area contributed by atoms with E-state index >= 15 is 0 Å². The number of hydrogen-bond acceptors (Lipinski definition) is 4. The van der Waals surface area contributed by atoms with Crippen LogP contribution in [0.25, 0.3) is 0 Å². The molecule has 0 aliphatic carbocycles. The fourth-order valence-electron chi connectivity index (χ4n) is 2.20. The summed E-state index contributed by atoms with van der Waals surface area (Å²) < 4.78 is 31.9. The molecule has 0 radical (unpaired) electrons. The Bertz CT molecular complexity index is 834. The molecule has 138 valence electrons. The highest BCUT2D eigenvalue weighted by atomic mass is 32.2. The van der Waals surface area contributed by atoms with Crippen LogP contribution in [0.3, 0.4) is 0 Å². The average molecular weight is 374 g/mol. The number of carbonyl (C=O) groups excluding carboxylic acids is 1. The first-order valence-electron chi connectivity index (χ1n) is 8.04. The summed E-state index contributed by atoms with van der Waals surface area (Å²) >= 11 is 0. The molecule has 0 unspecified atom stereocenters. The molecule has 0 bridgehead atoms. The summed E-state index contributed by atoms with van der Waals surface area (Å²) in [5.41, 5.74) is 0.907. The van der Waals surface area contributed by atoms with Crippen LogP contribution >= 0.6 is 0 Å². The molecule has 0 fully saturated rings. The van der Waals surface area contributed by atoms with Gasteiger partial charge in [-0.25, -0.2) is 8.42 Å². The van der Waals surface area contributed by atoms with Crippen molar-refractivity contribution in [1.29, 1.82) is 0 Å². The van der Waals surface area contributed by atoms with Crippen molar-refractivity contribution in [3.63, 3.8) is 0 Å². The Labute approximate surface area is 154 Å². The second-order valence-corrected chi connectivity index (χ2v) is 7.64. The molecule has 0 aliphatic rings. The topological polar surface area (TPSA) is 75.7 Å². The maximum absolute atomic E-state index is 12.6. The predicted molar refractivity (Wildman–Crippen MR) is 100 cm³/mol. The number of amides is 1. The highest BCUT2D eigenvalue weighted by Crippen LogP contribution is 2.20. The van der Waals surface area contributed by atoms with Crippen LogP contribution in [-0.2, 0) is 21.4 Å². The van der Waals surface area contributed by atoms with Crippen LogP contribution in [0.1, 0.15) is 5.56 Å². The van der Waals surface area contributed by atoms with Gasteiger partial charge in [-0.3, -0.25) is 4.79 Å².